The standard InChI is InChI=1S/C16H21N3O/c1-4-19-10-14(17)9-15(19)16(20)18-12(3)13-7-5-11(2)6-8-13/h5-10,12H,4,17H2,1-3H3,(H,18,20). The molecule has 1 heterocycles. The van der Waals surface area contributed by atoms with E-state index in [1.165, 1.54) is 5.56 Å². The zero-order valence-corrected chi connectivity index (χ0v) is 12.2. The van der Waals surface area contributed by atoms with E-state index in [1.54, 1.807) is 12.3 Å². The number of aromatic nitrogens is 1. The lowest BCUT2D eigenvalue weighted by Gasteiger charge is -2.15. The maximum atomic E-state index is 12.3. The number of nitrogen functional groups attached to an aromatic ring is 1. The second-order valence-corrected chi connectivity index (χ2v) is 5.05. The van der Waals surface area contributed by atoms with Crippen LogP contribution in [0.5, 0.6) is 0 Å². The van der Waals surface area contributed by atoms with Crippen molar-refractivity contribution in [3.05, 3.63) is 53.3 Å². The quantitative estimate of drug-likeness (QED) is 0.898. The van der Waals surface area contributed by atoms with E-state index in [9.17, 15) is 4.79 Å². The van der Waals surface area contributed by atoms with Gasteiger partial charge in [-0.2, -0.15) is 0 Å². The first-order chi connectivity index (χ1) is 9.51. The number of aryl methyl sites for hydroxylation is 2. The van der Waals surface area contributed by atoms with Gasteiger partial charge in [-0.05, 0) is 32.4 Å². The van der Waals surface area contributed by atoms with E-state index in [2.05, 4.69) is 5.32 Å². The number of rotatable bonds is 4. The minimum atomic E-state index is -0.100. The largest absolute Gasteiger partial charge is 0.397 e. The highest BCUT2D eigenvalue weighted by molar-refractivity contribution is 5.94. The van der Waals surface area contributed by atoms with Gasteiger partial charge in [0.05, 0.1) is 11.7 Å². The Labute approximate surface area is 119 Å². The van der Waals surface area contributed by atoms with Crippen molar-refractivity contribution in [1.29, 1.82) is 0 Å². The van der Waals surface area contributed by atoms with Crippen LogP contribution in [0.4, 0.5) is 5.69 Å². The SMILES string of the molecule is CCn1cc(N)cc1C(=O)NC(C)c1ccc(C)cc1. The third-order valence-electron chi connectivity index (χ3n) is 3.42. The first-order valence-electron chi connectivity index (χ1n) is 6.84. The van der Waals surface area contributed by atoms with Crippen LogP contribution >= 0.6 is 0 Å². The van der Waals surface area contributed by atoms with E-state index < -0.39 is 0 Å². The molecule has 0 saturated carbocycles. The Hall–Kier alpha value is -2.23. The van der Waals surface area contributed by atoms with E-state index >= 15 is 0 Å². The Morgan fingerprint density at radius 1 is 1.35 bits per heavy atom. The number of hydrogen-bond acceptors (Lipinski definition) is 2. The van der Waals surface area contributed by atoms with E-state index in [-0.39, 0.29) is 11.9 Å². The van der Waals surface area contributed by atoms with Crippen LogP contribution in [0.15, 0.2) is 36.5 Å². The molecule has 1 unspecified atom stereocenters. The average Bonchev–Trinajstić information content (AvgIpc) is 2.80. The summed E-state index contributed by atoms with van der Waals surface area (Å²) in [6, 6.07) is 9.83. The van der Waals surface area contributed by atoms with E-state index in [0.717, 1.165) is 12.1 Å². The normalized spacial score (nSPS) is 12.2. The molecule has 4 heteroatoms. The number of hydrogen-bond donors (Lipinski definition) is 2. The number of anilines is 1. The predicted octanol–water partition coefficient (Wildman–Crippen LogP) is 2.89. The van der Waals surface area contributed by atoms with Crippen molar-refractivity contribution in [3.63, 3.8) is 0 Å². The lowest BCUT2D eigenvalue weighted by atomic mass is 10.1. The van der Waals surface area contributed by atoms with Crippen molar-refractivity contribution in [1.82, 2.24) is 9.88 Å². The molecule has 106 valence electrons. The molecular formula is C16H21N3O. The van der Waals surface area contributed by atoms with Crippen LogP contribution in [0.1, 0.15) is 41.5 Å². The van der Waals surface area contributed by atoms with Gasteiger partial charge in [-0.15, -0.1) is 0 Å². The molecule has 0 spiro atoms. The zero-order valence-electron chi connectivity index (χ0n) is 12.2. The molecule has 1 aromatic carbocycles. The minimum absolute atomic E-state index is 0.0375. The number of nitrogens with zero attached hydrogens (tertiary/aromatic N) is 1. The van der Waals surface area contributed by atoms with Crippen molar-refractivity contribution in [2.24, 2.45) is 0 Å². The van der Waals surface area contributed by atoms with Crippen LogP contribution in [0, 0.1) is 6.92 Å². The molecule has 0 saturated heterocycles. The Kier molecular flexibility index (Phi) is 4.13. The molecule has 2 aromatic rings. The smallest absolute Gasteiger partial charge is 0.268 e. The van der Waals surface area contributed by atoms with Gasteiger partial charge in [-0.25, -0.2) is 0 Å². The van der Waals surface area contributed by atoms with Crippen LogP contribution < -0.4 is 11.1 Å². The van der Waals surface area contributed by atoms with Crippen LogP contribution in [0.3, 0.4) is 0 Å². The fraction of sp³-hybridized carbons (Fsp3) is 0.312. The number of carbonyl (C=O) groups is 1. The van der Waals surface area contributed by atoms with Gasteiger partial charge >= 0.3 is 0 Å². The van der Waals surface area contributed by atoms with Crippen molar-refractivity contribution in [2.75, 3.05) is 5.73 Å². The highest BCUT2D eigenvalue weighted by atomic mass is 16.2. The fourth-order valence-corrected chi connectivity index (χ4v) is 2.19. The van der Waals surface area contributed by atoms with Crippen molar-refractivity contribution in [2.45, 2.75) is 33.4 Å². The molecule has 3 N–H and O–H groups in total. The Morgan fingerprint density at radius 3 is 2.60 bits per heavy atom. The lowest BCUT2D eigenvalue weighted by Crippen LogP contribution is -2.28. The Morgan fingerprint density at radius 2 is 2.00 bits per heavy atom. The van der Waals surface area contributed by atoms with Crippen molar-refractivity contribution >= 4 is 11.6 Å². The maximum Gasteiger partial charge on any atom is 0.268 e. The van der Waals surface area contributed by atoms with E-state index in [4.69, 9.17) is 5.73 Å². The first kappa shape index (κ1) is 14.2. The fourth-order valence-electron chi connectivity index (χ4n) is 2.19. The number of benzene rings is 1. The topological polar surface area (TPSA) is 60.0 Å². The summed E-state index contributed by atoms with van der Waals surface area (Å²) in [7, 11) is 0. The van der Waals surface area contributed by atoms with Gasteiger partial charge in [0.25, 0.3) is 5.91 Å². The van der Waals surface area contributed by atoms with Crippen LogP contribution in [0.2, 0.25) is 0 Å². The second kappa shape index (κ2) is 5.82. The van der Waals surface area contributed by atoms with Gasteiger partial charge in [0.2, 0.25) is 0 Å². The third-order valence-corrected chi connectivity index (χ3v) is 3.42. The van der Waals surface area contributed by atoms with Gasteiger partial charge in [0, 0.05) is 12.7 Å². The van der Waals surface area contributed by atoms with Crippen molar-refractivity contribution in [3.8, 4) is 0 Å². The summed E-state index contributed by atoms with van der Waals surface area (Å²) in [5.74, 6) is -0.100. The Balaban J connectivity index is 2.12. The molecule has 0 bridgehead atoms. The summed E-state index contributed by atoms with van der Waals surface area (Å²) in [5, 5.41) is 3.00. The monoisotopic (exact) mass is 271 g/mol. The minimum Gasteiger partial charge on any atom is -0.397 e. The van der Waals surface area contributed by atoms with E-state index in [0.29, 0.717) is 11.4 Å². The van der Waals surface area contributed by atoms with E-state index in [1.807, 2.05) is 49.6 Å². The molecule has 4 nitrogen and oxygen atoms in total. The molecule has 2 rings (SSSR count). The van der Waals surface area contributed by atoms with Crippen LogP contribution in [-0.4, -0.2) is 10.5 Å². The molecule has 1 atom stereocenters. The van der Waals surface area contributed by atoms with Crippen LogP contribution in [0.25, 0.3) is 0 Å². The molecule has 1 aromatic heterocycles. The van der Waals surface area contributed by atoms with Crippen LogP contribution in [-0.2, 0) is 6.54 Å². The highest BCUT2D eigenvalue weighted by Crippen LogP contribution is 2.16. The molecule has 0 aliphatic heterocycles. The summed E-state index contributed by atoms with van der Waals surface area (Å²) >= 11 is 0. The summed E-state index contributed by atoms with van der Waals surface area (Å²) < 4.78 is 1.85. The molecule has 1 amide bonds. The molecule has 20 heavy (non-hydrogen) atoms. The molecule has 0 radical (unpaired) electrons. The third kappa shape index (κ3) is 3.02. The number of nitrogens with one attached hydrogen (secondary N) is 1. The molecule has 0 fully saturated rings. The highest BCUT2D eigenvalue weighted by Gasteiger charge is 2.15. The predicted molar refractivity (Wildman–Crippen MR) is 81.6 cm³/mol. The summed E-state index contributed by atoms with van der Waals surface area (Å²) in [5.41, 5.74) is 9.26. The number of carbonyl (C=O) groups excluding carboxylic acids is 1. The van der Waals surface area contributed by atoms with Gasteiger partial charge in [-0.3, -0.25) is 4.79 Å². The first-order valence-corrected chi connectivity index (χ1v) is 6.84. The van der Waals surface area contributed by atoms with Gasteiger partial charge in [0.15, 0.2) is 0 Å². The molecule has 0 aliphatic carbocycles. The van der Waals surface area contributed by atoms with Gasteiger partial charge in [-0.1, -0.05) is 29.8 Å². The number of amides is 1. The average molecular weight is 271 g/mol. The second-order valence-electron chi connectivity index (χ2n) is 5.05. The molecular weight excluding hydrogens is 250 g/mol. The summed E-state index contributed by atoms with van der Waals surface area (Å²) in [4.78, 5) is 12.3. The van der Waals surface area contributed by atoms with Gasteiger partial charge in [0.1, 0.15) is 5.69 Å². The maximum absolute atomic E-state index is 12.3. The Bertz CT molecular complexity index is 599. The number of nitrogens with two attached hydrogens (primary N) is 1. The van der Waals surface area contributed by atoms with Gasteiger partial charge < -0.3 is 15.6 Å². The summed E-state index contributed by atoms with van der Waals surface area (Å²) in [6.07, 6.45) is 1.78. The lowest BCUT2D eigenvalue weighted by molar-refractivity contribution is 0.0930. The molecule has 0 aliphatic rings. The van der Waals surface area contributed by atoms with Crippen molar-refractivity contribution < 1.29 is 4.79 Å². The zero-order chi connectivity index (χ0) is 14.7. The summed E-state index contributed by atoms with van der Waals surface area (Å²) in [6.45, 7) is 6.73.